The molecule has 4 saturated carbocycles. The van der Waals surface area contributed by atoms with E-state index in [0.717, 1.165) is 50.5 Å². The highest BCUT2D eigenvalue weighted by atomic mass is 16.8. The number of hydrogen-bond donors (Lipinski definition) is 16. The van der Waals surface area contributed by atoms with Gasteiger partial charge in [-0.05, 0) is 91.8 Å². The molecular weight excluding hydrogens is 1120 g/mol. The summed E-state index contributed by atoms with van der Waals surface area (Å²) in [4.78, 5) is 0. The van der Waals surface area contributed by atoms with Crippen molar-refractivity contribution in [2.45, 2.75) is 250 Å². The number of ether oxygens (including phenoxy) is 12. The monoisotopic (exact) mass is 1210 g/mol. The SMILES string of the molecule is C=C1CC[C@@]2(OC1)O[C@H]1C[C@H]3[C@@H]4CC[C@H]5C[C@@H](O[C@@H]6O[C@H](CO)[C@H](O[C@@H]7O[C@H](CO)[C@@H](O)[C@H](O[C@@H]8OC[C@@H](O)[C@H](O)[C@H]8O)[C@H]7O[C@@H]7O[C@H](CO)[C@@H](O)[C@H](O[C@@H]8O[C@H](CO)[C@@H](O)[C@H](O)[C@H]8O)[C@H]7O)[C@H](O)[C@H]6O)[C@H](O)C[C@]5(C)[C@H]4CC[C@]3(C)[C@H]1[C@@H]2C. The lowest BCUT2D eigenvalue weighted by molar-refractivity contribution is -0.410. The Labute approximate surface area is 485 Å². The molecule has 28 nitrogen and oxygen atoms in total. The Bertz CT molecular complexity index is 2230. The highest BCUT2D eigenvalue weighted by molar-refractivity contribution is 5.17. The van der Waals surface area contributed by atoms with Crippen LogP contribution in [0.4, 0.5) is 0 Å². The second-order valence-corrected chi connectivity index (χ2v) is 26.4. The first kappa shape index (κ1) is 64.2. The molecule has 11 rings (SSSR count). The molecular formula is C56H90O28. The Kier molecular flexibility index (Phi) is 19.1. The molecule has 0 aromatic heterocycles. The third-order valence-electron chi connectivity index (χ3n) is 21.9. The van der Waals surface area contributed by atoms with Crippen LogP contribution >= 0.6 is 0 Å². The normalized spacial score (nSPS) is 56.8. The second-order valence-electron chi connectivity index (χ2n) is 26.4. The average molecular weight is 1210 g/mol. The van der Waals surface area contributed by atoms with Crippen molar-refractivity contribution in [1.82, 2.24) is 0 Å². The molecule has 28 heteroatoms. The van der Waals surface area contributed by atoms with Crippen molar-refractivity contribution in [2.24, 2.45) is 46.3 Å². The smallest absolute Gasteiger partial charge is 0.187 e. The molecule has 7 aliphatic heterocycles. The van der Waals surface area contributed by atoms with Crippen molar-refractivity contribution in [3.05, 3.63) is 12.2 Å². The first-order chi connectivity index (χ1) is 39.9. The second kappa shape index (κ2) is 25.0. The van der Waals surface area contributed by atoms with Gasteiger partial charge in [-0.15, -0.1) is 0 Å². The van der Waals surface area contributed by atoms with Gasteiger partial charge in [-0.3, -0.25) is 0 Å². The summed E-state index contributed by atoms with van der Waals surface area (Å²) < 4.78 is 72.9. The number of fused-ring (bicyclic) bond motifs is 7. The van der Waals surface area contributed by atoms with E-state index in [1.54, 1.807) is 0 Å². The summed E-state index contributed by atoms with van der Waals surface area (Å²) in [5.74, 6) is 1.40. The van der Waals surface area contributed by atoms with Crippen LogP contribution in [0.25, 0.3) is 0 Å². The molecule has 0 unspecified atom stereocenters. The van der Waals surface area contributed by atoms with Crippen molar-refractivity contribution in [3.63, 3.8) is 0 Å². The van der Waals surface area contributed by atoms with E-state index in [2.05, 4.69) is 27.4 Å². The van der Waals surface area contributed by atoms with Gasteiger partial charge in [0.1, 0.15) is 116 Å². The van der Waals surface area contributed by atoms with Crippen LogP contribution < -0.4 is 0 Å². The Balaban J connectivity index is 0.793. The topological polar surface area (TPSA) is 434 Å². The lowest BCUT2D eigenvalue weighted by Crippen LogP contribution is -2.69. The summed E-state index contributed by atoms with van der Waals surface area (Å²) in [5, 5.41) is 176. The van der Waals surface area contributed by atoms with E-state index < -0.39 is 198 Å². The molecule has 0 radical (unpaired) electrons. The molecule has 0 aromatic rings. The molecule has 84 heavy (non-hydrogen) atoms. The van der Waals surface area contributed by atoms with E-state index in [0.29, 0.717) is 43.1 Å². The quantitative estimate of drug-likeness (QED) is 0.0570. The summed E-state index contributed by atoms with van der Waals surface area (Å²) in [7, 11) is 0. The summed E-state index contributed by atoms with van der Waals surface area (Å²) in [6.45, 7) is 7.39. The fraction of sp³-hybridized carbons (Fsp3) is 0.964. The van der Waals surface area contributed by atoms with Crippen molar-refractivity contribution in [1.29, 1.82) is 0 Å². The largest absolute Gasteiger partial charge is 0.394 e. The highest BCUT2D eigenvalue weighted by Gasteiger charge is 2.70. The molecule has 16 N–H and O–H groups in total. The van der Waals surface area contributed by atoms with Gasteiger partial charge >= 0.3 is 0 Å². The van der Waals surface area contributed by atoms with Gasteiger partial charge < -0.3 is 139 Å². The van der Waals surface area contributed by atoms with Crippen LogP contribution in [0.15, 0.2) is 12.2 Å². The van der Waals surface area contributed by atoms with E-state index in [1.807, 2.05) is 0 Å². The van der Waals surface area contributed by atoms with Crippen LogP contribution in [0, 0.1) is 46.3 Å². The van der Waals surface area contributed by atoms with Gasteiger partial charge in [0.15, 0.2) is 37.2 Å². The first-order valence-electron chi connectivity index (χ1n) is 30.0. The minimum absolute atomic E-state index is 0.0782. The molecule has 36 atom stereocenters. The van der Waals surface area contributed by atoms with Gasteiger partial charge in [-0.25, -0.2) is 0 Å². The van der Waals surface area contributed by atoms with Crippen LogP contribution in [0.1, 0.15) is 78.6 Å². The molecule has 0 aromatic carbocycles. The van der Waals surface area contributed by atoms with E-state index in [9.17, 15) is 81.7 Å². The minimum atomic E-state index is -2.20. The third-order valence-corrected chi connectivity index (χ3v) is 21.9. The van der Waals surface area contributed by atoms with Crippen molar-refractivity contribution in [2.75, 3.05) is 39.6 Å². The zero-order chi connectivity index (χ0) is 60.2. The van der Waals surface area contributed by atoms with Crippen molar-refractivity contribution < 1.29 is 139 Å². The maximum absolute atomic E-state index is 12.1. The number of hydrogen-bond acceptors (Lipinski definition) is 28. The van der Waals surface area contributed by atoms with Crippen LogP contribution in [0.2, 0.25) is 0 Å². The van der Waals surface area contributed by atoms with E-state index in [1.165, 1.54) is 0 Å². The van der Waals surface area contributed by atoms with Gasteiger partial charge in [0.25, 0.3) is 0 Å². The Morgan fingerprint density at radius 3 is 1.75 bits per heavy atom. The van der Waals surface area contributed by atoms with Crippen molar-refractivity contribution >= 4 is 0 Å². The van der Waals surface area contributed by atoms with Gasteiger partial charge in [-0.1, -0.05) is 32.9 Å². The fourth-order valence-electron chi connectivity index (χ4n) is 17.2. The maximum atomic E-state index is 12.1. The third kappa shape index (κ3) is 11.1. The zero-order valence-corrected chi connectivity index (χ0v) is 47.4. The van der Waals surface area contributed by atoms with E-state index in [4.69, 9.17) is 56.8 Å². The Morgan fingerprint density at radius 1 is 0.512 bits per heavy atom. The molecule has 7 heterocycles. The maximum Gasteiger partial charge on any atom is 0.187 e. The highest BCUT2D eigenvalue weighted by Crippen LogP contribution is 2.71. The van der Waals surface area contributed by atoms with E-state index in [-0.39, 0.29) is 28.8 Å². The predicted molar refractivity (Wildman–Crippen MR) is 276 cm³/mol. The molecule has 0 amide bonds. The summed E-state index contributed by atoms with van der Waals surface area (Å²) in [6.07, 6.45) is -39.4. The Hall–Kier alpha value is -1.38. The molecule has 11 aliphatic rings. The van der Waals surface area contributed by atoms with Gasteiger partial charge in [0.2, 0.25) is 0 Å². The van der Waals surface area contributed by atoms with E-state index >= 15 is 0 Å². The molecule has 4 aliphatic carbocycles. The molecule has 1 spiro atoms. The molecule has 482 valence electrons. The zero-order valence-electron chi connectivity index (χ0n) is 47.4. The molecule has 0 bridgehead atoms. The predicted octanol–water partition coefficient (Wildman–Crippen LogP) is -5.56. The number of rotatable bonds is 14. The minimum Gasteiger partial charge on any atom is -0.394 e. The summed E-state index contributed by atoms with van der Waals surface area (Å²) in [5.41, 5.74) is 0.936. The van der Waals surface area contributed by atoms with Gasteiger partial charge in [0, 0.05) is 12.3 Å². The van der Waals surface area contributed by atoms with Gasteiger partial charge in [0.05, 0.1) is 58.0 Å². The summed E-state index contributed by atoms with van der Waals surface area (Å²) >= 11 is 0. The van der Waals surface area contributed by atoms with Crippen LogP contribution in [-0.4, -0.2) is 293 Å². The van der Waals surface area contributed by atoms with Crippen LogP contribution in [0.5, 0.6) is 0 Å². The Morgan fingerprint density at radius 2 is 1.08 bits per heavy atom. The lowest BCUT2D eigenvalue weighted by Gasteiger charge is -2.62. The fourth-order valence-corrected chi connectivity index (χ4v) is 17.2. The number of aliphatic hydroxyl groups is 16. The van der Waals surface area contributed by atoms with Crippen molar-refractivity contribution in [3.8, 4) is 0 Å². The number of aliphatic hydroxyl groups excluding tert-OH is 16. The van der Waals surface area contributed by atoms with Crippen LogP contribution in [-0.2, 0) is 56.8 Å². The average Bonchev–Trinajstić information content (AvgIpc) is 1.56. The summed E-state index contributed by atoms with van der Waals surface area (Å²) in [6, 6.07) is 0. The standard InChI is InChI=1S/C56H90O28/c1-20-7-10-56(74-18-20)21(2)34-29(84-56)12-25-23-6-5-22-11-28(26(61)13-55(22,4)24(23)8-9-54(25,34)3)75-50-43(71)40(68)45(33(17-60)79-50)80-53-48(47(38(66)32(16-59)78-53)82-49-41(69)35(63)27(62)19-73-49)83-52-44(72)46(37(65)31(15-58)77-52)81-51-42(70)39(67)36(64)30(14-57)76-51/h21-53,57-72H,1,5-19H2,2-4H3/t21-,22-,23+,24-,25-,26+,27+,28+,29-,30+,31+,32+,33+,34-,35-,36+,37+,38+,39-,40+,41+,42+,43+,44+,45-,46-,47-,48+,49-,50+,51-,52-,53-,54-,55-,56+/m0/s1. The van der Waals surface area contributed by atoms with Crippen LogP contribution in [0.3, 0.4) is 0 Å². The lowest BCUT2D eigenvalue weighted by atomic mass is 9.44. The molecule has 11 fully saturated rings. The first-order valence-corrected chi connectivity index (χ1v) is 30.0. The molecule has 7 saturated heterocycles. The van der Waals surface area contributed by atoms with Gasteiger partial charge in [-0.2, -0.15) is 0 Å².